The van der Waals surface area contributed by atoms with Gasteiger partial charge in [-0.3, -0.25) is 0 Å². The smallest absolute Gasteiger partial charge is 0.0641 e. The number of hydrogen-bond donors (Lipinski definition) is 0. The molecule has 18 heavy (non-hydrogen) atoms. The predicted molar refractivity (Wildman–Crippen MR) is 75.6 cm³/mol. The van der Waals surface area contributed by atoms with Crippen molar-refractivity contribution in [1.82, 2.24) is 0 Å². The van der Waals surface area contributed by atoms with E-state index in [1.54, 1.807) is 0 Å². The number of alkyl halides is 1. The van der Waals surface area contributed by atoms with Gasteiger partial charge >= 0.3 is 0 Å². The van der Waals surface area contributed by atoms with Crippen LogP contribution in [-0.2, 0) is 0 Å². The van der Waals surface area contributed by atoms with Crippen LogP contribution >= 0.6 is 11.6 Å². The van der Waals surface area contributed by atoms with Gasteiger partial charge in [0.1, 0.15) is 0 Å². The van der Waals surface area contributed by atoms with E-state index in [4.69, 9.17) is 11.6 Å². The molecule has 4 saturated carbocycles. The van der Waals surface area contributed by atoms with Crippen LogP contribution in [-0.4, -0.2) is 0 Å². The molecule has 4 fully saturated rings. The zero-order valence-electron chi connectivity index (χ0n) is 10.8. The molecule has 0 nitrogen and oxygen atoms in total. The Morgan fingerprint density at radius 2 is 1.39 bits per heavy atom. The van der Waals surface area contributed by atoms with Gasteiger partial charge in [-0.05, 0) is 67.3 Å². The zero-order chi connectivity index (χ0) is 12.2. The van der Waals surface area contributed by atoms with Gasteiger partial charge in [0.05, 0.1) is 5.38 Å². The van der Waals surface area contributed by atoms with Crippen LogP contribution in [0.4, 0.5) is 0 Å². The second-order valence-electron chi connectivity index (χ2n) is 7.05. The maximum absolute atomic E-state index is 6.93. The van der Waals surface area contributed by atoms with E-state index < -0.39 is 0 Å². The molecule has 0 radical (unpaired) electrons. The zero-order valence-corrected chi connectivity index (χ0v) is 11.6. The molecule has 0 N–H and O–H groups in total. The van der Waals surface area contributed by atoms with Gasteiger partial charge in [0.25, 0.3) is 0 Å². The first-order valence-corrected chi connectivity index (χ1v) is 7.88. The standard InChI is InChI=1S/C17H21Cl/c18-16(15-4-2-1-3-5-15)17-9-12-6-13(10-17)8-14(7-12)11-17/h1-5,12-14,16H,6-11H2. The van der Waals surface area contributed by atoms with E-state index in [-0.39, 0.29) is 5.38 Å². The molecule has 96 valence electrons. The molecule has 1 aromatic rings. The lowest BCUT2D eigenvalue weighted by molar-refractivity contribution is -0.0552. The quantitative estimate of drug-likeness (QED) is 0.643. The third-order valence-corrected chi connectivity index (χ3v) is 6.43. The third-order valence-electron chi connectivity index (χ3n) is 5.72. The van der Waals surface area contributed by atoms with Crippen LogP contribution in [0, 0.1) is 23.2 Å². The lowest BCUT2D eigenvalue weighted by Crippen LogP contribution is -2.47. The first-order chi connectivity index (χ1) is 8.75. The van der Waals surface area contributed by atoms with Crippen molar-refractivity contribution in [3.63, 3.8) is 0 Å². The molecule has 0 heterocycles. The van der Waals surface area contributed by atoms with E-state index in [2.05, 4.69) is 30.3 Å². The fraction of sp³-hybridized carbons (Fsp3) is 0.647. The minimum atomic E-state index is 0.243. The van der Waals surface area contributed by atoms with Gasteiger partial charge in [-0.2, -0.15) is 0 Å². The molecular formula is C17H21Cl. The molecule has 4 aliphatic carbocycles. The van der Waals surface area contributed by atoms with Gasteiger partial charge < -0.3 is 0 Å². The summed E-state index contributed by atoms with van der Waals surface area (Å²) in [6.45, 7) is 0. The molecule has 0 aliphatic heterocycles. The fourth-order valence-electron chi connectivity index (χ4n) is 5.46. The molecule has 4 aliphatic rings. The average Bonchev–Trinajstić information content (AvgIpc) is 2.37. The summed E-state index contributed by atoms with van der Waals surface area (Å²) in [4.78, 5) is 0. The first kappa shape index (κ1) is 11.3. The number of halogens is 1. The van der Waals surface area contributed by atoms with Crippen molar-refractivity contribution in [3.8, 4) is 0 Å². The Labute approximate surface area is 115 Å². The van der Waals surface area contributed by atoms with E-state index in [9.17, 15) is 0 Å². The summed E-state index contributed by atoms with van der Waals surface area (Å²) in [7, 11) is 0. The van der Waals surface area contributed by atoms with Gasteiger partial charge in [0.2, 0.25) is 0 Å². The summed E-state index contributed by atoms with van der Waals surface area (Å²) in [5.41, 5.74) is 1.78. The SMILES string of the molecule is ClC(c1ccccc1)C12CC3CC(CC(C3)C1)C2. The van der Waals surface area contributed by atoms with Crippen LogP contribution in [0.15, 0.2) is 30.3 Å². The van der Waals surface area contributed by atoms with Crippen molar-refractivity contribution in [2.45, 2.75) is 43.9 Å². The molecule has 0 aromatic heterocycles. The van der Waals surface area contributed by atoms with Crippen LogP contribution in [0.1, 0.15) is 49.5 Å². The van der Waals surface area contributed by atoms with Gasteiger partial charge in [-0.25, -0.2) is 0 Å². The van der Waals surface area contributed by atoms with E-state index in [1.165, 1.54) is 44.1 Å². The molecule has 0 amide bonds. The molecule has 4 bridgehead atoms. The van der Waals surface area contributed by atoms with Gasteiger partial charge in [-0.15, -0.1) is 11.6 Å². The summed E-state index contributed by atoms with van der Waals surface area (Å²) in [5, 5.41) is 0.243. The highest BCUT2D eigenvalue weighted by Gasteiger charge is 2.54. The number of benzene rings is 1. The molecule has 1 unspecified atom stereocenters. The summed E-state index contributed by atoms with van der Waals surface area (Å²) in [6.07, 6.45) is 8.67. The summed E-state index contributed by atoms with van der Waals surface area (Å²) >= 11 is 6.93. The Balaban J connectivity index is 1.67. The second kappa shape index (κ2) is 4.00. The third kappa shape index (κ3) is 1.65. The minimum Gasteiger partial charge on any atom is -0.117 e. The van der Waals surface area contributed by atoms with Crippen LogP contribution in [0.25, 0.3) is 0 Å². The average molecular weight is 261 g/mol. The number of hydrogen-bond acceptors (Lipinski definition) is 0. The van der Waals surface area contributed by atoms with Crippen molar-refractivity contribution in [2.75, 3.05) is 0 Å². The summed E-state index contributed by atoms with van der Waals surface area (Å²) < 4.78 is 0. The Morgan fingerprint density at radius 3 is 1.89 bits per heavy atom. The Hall–Kier alpha value is -0.490. The second-order valence-corrected chi connectivity index (χ2v) is 7.49. The Bertz CT molecular complexity index is 401. The monoisotopic (exact) mass is 260 g/mol. The highest BCUT2D eigenvalue weighted by molar-refractivity contribution is 6.21. The normalized spacial score (nSPS) is 43.1. The molecule has 1 atom stereocenters. The molecular weight excluding hydrogens is 240 g/mol. The van der Waals surface area contributed by atoms with Crippen molar-refractivity contribution in [2.24, 2.45) is 23.2 Å². The van der Waals surface area contributed by atoms with Crippen molar-refractivity contribution in [1.29, 1.82) is 0 Å². The highest BCUT2D eigenvalue weighted by Crippen LogP contribution is 2.65. The summed E-state index contributed by atoms with van der Waals surface area (Å²) in [6, 6.07) is 10.8. The van der Waals surface area contributed by atoms with Crippen LogP contribution in [0.5, 0.6) is 0 Å². The Kier molecular flexibility index (Phi) is 2.52. The van der Waals surface area contributed by atoms with Crippen LogP contribution in [0.3, 0.4) is 0 Å². The topological polar surface area (TPSA) is 0 Å². The molecule has 1 heteroatoms. The van der Waals surface area contributed by atoms with Crippen molar-refractivity contribution >= 4 is 11.6 Å². The van der Waals surface area contributed by atoms with Gasteiger partial charge in [0.15, 0.2) is 0 Å². The van der Waals surface area contributed by atoms with E-state index >= 15 is 0 Å². The summed E-state index contributed by atoms with van der Waals surface area (Å²) in [5.74, 6) is 2.96. The van der Waals surface area contributed by atoms with Crippen molar-refractivity contribution in [3.05, 3.63) is 35.9 Å². The van der Waals surface area contributed by atoms with Crippen molar-refractivity contribution < 1.29 is 0 Å². The van der Waals surface area contributed by atoms with E-state index in [0.717, 1.165) is 17.8 Å². The van der Waals surface area contributed by atoms with E-state index in [1.807, 2.05) is 0 Å². The molecule has 5 rings (SSSR count). The van der Waals surface area contributed by atoms with Gasteiger partial charge in [-0.1, -0.05) is 30.3 Å². The maximum atomic E-state index is 6.93. The number of rotatable bonds is 2. The van der Waals surface area contributed by atoms with Crippen LogP contribution in [0.2, 0.25) is 0 Å². The fourth-order valence-corrected chi connectivity index (χ4v) is 5.88. The molecule has 0 saturated heterocycles. The lowest BCUT2D eigenvalue weighted by atomic mass is 9.48. The van der Waals surface area contributed by atoms with E-state index in [0.29, 0.717) is 5.41 Å². The largest absolute Gasteiger partial charge is 0.117 e. The minimum absolute atomic E-state index is 0.243. The molecule has 1 aromatic carbocycles. The van der Waals surface area contributed by atoms with Gasteiger partial charge in [0, 0.05) is 0 Å². The predicted octanol–water partition coefficient (Wildman–Crippen LogP) is 5.18. The molecule has 0 spiro atoms. The Morgan fingerprint density at radius 1 is 0.889 bits per heavy atom. The first-order valence-electron chi connectivity index (χ1n) is 7.44. The highest BCUT2D eigenvalue weighted by atomic mass is 35.5. The maximum Gasteiger partial charge on any atom is 0.0641 e. The lowest BCUT2D eigenvalue weighted by Gasteiger charge is -2.58. The van der Waals surface area contributed by atoms with Crippen LogP contribution < -0.4 is 0 Å².